The third-order valence-corrected chi connectivity index (χ3v) is 6.18. The molecule has 0 saturated carbocycles. The summed E-state index contributed by atoms with van der Waals surface area (Å²) in [6.45, 7) is 9.34. The molecule has 32 heavy (non-hydrogen) atoms. The van der Waals surface area contributed by atoms with E-state index >= 15 is 0 Å². The molecular weight excluding hydrogens is 410 g/mol. The third-order valence-electron chi connectivity index (χ3n) is 6.18. The van der Waals surface area contributed by atoms with Crippen molar-refractivity contribution in [1.82, 2.24) is 5.32 Å². The molecule has 7 heteroatoms. The van der Waals surface area contributed by atoms with Crippen LogP contribution in [0.5, 0.6) is 11.5 Å². The smallest absolute Gasteiger partial charge is 0.229 e. The molecule has 1 fully saturated rings. The Morgan fingerprint density at radius 1 is 1.19 bits per heavy atom. The minimum Gasteiger partial charge on any atom is -0.504 e. The number of carbonyl (C=O) groups is 1. The molecule has 7 nitrogen and oxygen atoms in total. The molecule has 1 aliphatic heterocycles. The molecule has 1 saturated heterocycles. The Labute approximate surface area is 189 Å². The quantitative estimate of drug-likeness (QED) is 0.547. The highest BCUT2D eigenvalue weighted by molar-refractivity contribution is 5.73. The van der Waals surface area contributed by atoms with Crippen LogP contribution in [0.15, 0.2) is 36.4 Å². The second kappa shape index (κ2) is 9.48. The maximum absolute atomic E-state index is 11.3. The van der Waals surface area contributed by atoms with E-state index in [9.17, 15) is 20.1 Å². The molecule has 0 unspecified atom stereocenters. The molecule has 0 radical (unpaired) electrons. The van der Waals surface area contributed by atoms with Crippen LogP contribution in [0.25, 0.3) is 11.1 Å². The summed E-state index contributed by atoms with van der Waals surface area (Å²) in [5.41, 5.74) is 2.97. The first kappa shape index (κ1) is 24.0. The van der Waals surface area contributed by atoms with Crippen LogP contribution in [0.2, 0.25) is 0 Å². The Balaban J connectivity index is 1.96. The number of aliphatic hydroxyl groups is 2. The van der Waals surface area contributed by atoms with Gasteiger partial charge >= 0.3 is 0 Å². The summed E-state index contributed by atoms with van der Waals surface area (Å²) in [4.78, 5) is 11.3. The van der Waals surface area contributed by atoms with E-state index in [0.717, 1.165) is 22.3 Å². The van der Waals surface area contributed by atoms with E-state index < -0.39 is 24.1 Å². The van der Waals surface area contributed by atoms with E-state index in [-0.39, 0.29) is 23.3 Å². The summed E-state index contributed by atoms with van der Waals surface area (Å²) >= 11 is 0. The van der Waals surface area contributed by atoms with E-state index in [0.29, 0.717) is 13.0 Å². The van der Waals surface area contributed by atoms with Crippen molar-refractivity contribution in [2.45, 2.75) is 65.1 Å². The van der Waals surface area contributed by atoms with E-state index in [2.05, 4.69) is 5.32 Å². The van der Waals surface area contributed by atoms with Gasteiger partial charge in [-0.2, -0.15) is 0 Å². The molecule has 1 heterocycles. The molecule has 174 valence electrons. The lowest BCUT2D eigenvalue weighted by atomic mass is 9.82. The van der Waals surface area contributed by atoms with Gasteiger partial charge in [0.2, 0.25) is 12.2 Å². The summed E-state index contributed by atoms with van der Waals surface area (Å²) in [6.07, 6.45) is -2.92. The van der Waals surface area contributed by atoms with E-state index in [4.69, 9.17) is 9.47 Å². The summed E-state index contributed by atoms with van der Waals surface area (Å²) < 4.78 is 11.8. The zero-order valence-corrected chi connectivity index (χ0v) is 19.3. The number of aryl methyl sites for hydroxylation is 1. The van der Waals surface area contributed by atoms with Gasteiger partial charge in [-0.1, -0.05) is 36.8 Å². The minimum atomic E-state index is -1.26. The molecule has 4 N–H and O–H groups in total. The highest BCUT2D eigenvalue weighted by Crippen LogP contribution is 2.40. The van der Waals surface area contributed by atoms with Gasteiger partial charge in [0.05, 0.1) is 11.7 Å². The van der Waals surface area contributed by atoms with Crippen LogP contribution in [0.4, 0.5) is 0 Å². The number of benzene rings is 2. The number of phenols is 1. The van der Waals surface area contributed by atoms with Crippen molar-refractivity contribution in [3.05, 3.63) is 47.5 Å². The van der Waals surface area contributed by atoms with Gasteiger partial charge in [0, 0.05) is 19.4 Å². The SMILES string of the molecule is CC(=O)NCCc1cc(O)c(O[C@@H]2OC(C)(C)[C@H](C)[C@@H](O)[C@H]2O)cc1-c1cccc(C)c1. The van der Waals surface area contributed by atoms with Gasteiger partial charge in [0.25, 0.3) is 0 Å². The molecular formula is C25H33NO6. The first-order valence-corrected chi connectivity index (χ1v) is 10.9. The van der Waals surface area contributed by atoms with E-state index in [1.165, 1.54) is 6.92 Å². The van der Waals surface area contributed by atoms with Gasteiger partial charge in [-0.25, -0.2) is 0 Å². The molecule has 2 aromatic carbocycles. The standard InChI is InChI=1S/C25H33NO6/c1-14-7-6-8-17(11-14)19-13-21(20(28)12-18(19)9-10-26-16(3)27)31-24-23(30)22(29)15(2)25(4,5)32-24/h6-8,11-13,15,22-24,28-30H,9-10H2,1-5H3,(H,26,27)/t15-,22-,23-,24-/m1/s1. The van der Waals surface area contributed by atoms with Crippen LogP contribution >= 0.6 is 0 Å². The Kier molecular flexibility index (Phi) is 7.12. The van der Waals surface area contributed by atoms with Crippen molar-refractivity contribution in [2.75, 3.05) is 6.54 Å². The molecule has 3 rings (SSSR count). The second-order valence-electron chi connectivity index (χ2n) is 9.06. The van der Waals surface area contributed by atoms with Crippen molar-refractivity contribution in [1.29, 1.82) is 0 Å². The second-order valence-corrected chi connectivity index (χ2v) is 9.06. The van der Waals surface area contributed by atoms with Gasteiger partial charge < -0.3 is 30.1 Å². The number of phenolic OH excluding ortho intramolecular Hbond substituents is 1. The van der Waals surface area contributed by atoms with Gasteiger partial charge in [-0.3, -0.25) is 4.79 Å². The zero-order valence-electron chi connectivity index (χ0n) is 19.3. The lowest BCUT2D eigenvalue weighted by Crippen LogP contribution is -2.59. The van der Waals surface area contributed by atoms with Crippen LogP contribution in [-0.2, 0) is 16.0 Å². The van der Waals surface area contributed by atoms with Gasteiger partial charge in [0.15, 0.2) is 11.5 Å². The number of aliphatic hydroxyl groups excluding tert-OH is 2. The lowest BCUT2D eigenvalue weighted by molar-refractivity contribution is -0.285. The molecule has 0 aromatic heterocycles. The summed E-state index contributed by atoms with van der Waals surface area (Å²) in [6, 6.07) is 11.2. The highest BCUT2D eigenvalue weighted by atomic mass is 16.7. The van der Waals surface area contributed by atoms with Crippen molar-refractivity contribution in [3.8, 4) is 22.6 Å². The highest BCUT2D eigenvalue weighted by Gasteiger charge is 2.47. The van der Waals surface area contributed by atoms with Crippen molar-refractivity contribution in [3.63, 3.8) is 0 Å². The van der Waals surface area contributed by atoms with Crippen LogP contribution in [0.3, 0.4) is 0 Å². The predicted molar refractivity (Wildman–Crippen MR) is 121 cm³/mol. The zero-order chi connectivity index (χ0) is 23.6. The summed E-state index contributed by atoms with van der Waals surface area (Å²) in [7, 11) is 0. The average molecular weight is 444 g/mol. The van der Waals surface area contributed by atoms with Crippen molar-refractivity contribution in [2.24, 2.45) is 5.92 Å². The van der Waals surface area contributed by atoms with Crippen molar-refractivity contribution >= 4 is 5.91 Å². The maximum Gasteiger partial charge on any atom is 0.229 e. The fourth-order valence-electron chi connectivity index (χ4n) is 3.93. The van der Waals surface area contributed by atoms with Crippen LogP contribution in [0, 0.1) is 12.8 Å². The van der Waals surface area contributed by atoms with E-state index in [1.54, 1.807) is 19.1 Å². The number of rotatable bonds is 6. The Morgan fingerprint density at radius 3 is 2.56 bits per heavy atom. The first-order valence-electron chi connectivity index (χ1n) is 10.9. The van der Waals surface area contributed by atoms with Crippen molar-refractivity contribution < 1.29 is 29.6 Å². The Hall–Kier alpha value is -2.61. The molecule has 0 bridgehead atoms. The summed E-state index contributed by atoms with van der Waals surface area (Å²) in [5.74, 6) is -0.387. The fourth-order valence-corrected chi connectivity index (χ4v) is 3.93. The Bertz CT molecular complexity index is 973. The third kappa shape index (κ3) is 5.23. The number of nitrogens with one attached hydrogen (secondary N) is 1. The van der Waals surface area contributed by atoms with Gasteiger partial charge in [-0.05, 0) is 56.0 Å². The van der Waals surface area contributed by atoms with Crippen LogP contribution in [0.1, 0.15) is 38.8 Å². The molecule has 1 amide bonds. The van der Waals surface area contributed by atoms with Crippen LogP contribution in [-0.4, -0.2) is 51.9 Å². The van der Waals surface area contributed by atoms with Crippen LogP contribution < -0.4 is 10.1 Å². The number of hydrogen-bond donors (Lipinski definition) is 4. The van der Waals surface area contributed by atoms with Gasteiger partial charge in [-0.15, -0.1) is 0 Å². The Morgan fingerprint density at radius 2 is 1.91 bits per heavy atom. The molecule has 0 spiro atoms. The predicted octanol–water partition coefficient (Wildman–Crippen LogP) is 2.92. The molecule has 0 aliphatic carbocycles. The monoisotopic (exact) mass is 443 g/mol. The van der Waals surface area contributed by atoms with E-state index in [1.807, 2.05) is 45.0 Å². The molecule has 1 aliphatic rings. The number of carbonyl (C=O) groups excluding carboxylic acids is 1. The average Bonchev–Trinajstić information content (AvgIpc) is 2.71. The topological polar surface area (TPSA) is 108 Å². The largest absolute Gasteiger partial charge is 0.504 e. The summed E-state index contributed by atoms with van der Waals surface area (Å²) in [5, 5.41) is 34.4. The maximum atomic E-state index is 11.3. The fraction of sp³-hybridized carbons (Fsp3) is 0.480. The number of amides is 1. The number of aromatic hydroxyl groups is 1. The number of ether oxygens (including phenoxy) is 2. The normalized spacial score (nSPS) is 24.7. The molecule has 2 aromatic rings. The molecule has 4 atom stereocenters. The minimum absolute atomic E-state index is 0.110. The first-order chi connectivity index (χ1) is 15.0. The van der Waals surface area contributed by atoms with Gasteiger partial charge in [0.1, 0.15) is 6.10 Å². The number of hydrogen-bond acceptors (Lipinski definition) is 6. The lowest BCUT2D eigenvalue weighted by Gasteiger charge is -2.46.